The molecule has 3 nitrogen and oxygen atoms in total. The fourth-order valence-electron chi connectivity index (χ4n) is 1.45. The van der Waals surface area contributed by atoms with Gasteiger partial charge in [-0.3, -0.25) is 0 Å². The first-order valence-corrected chi connectivity index (χ1v) is 5.67. The Morgan fingerprint density at radius 3 is 2.80 bits per heavy atom. The molecule has 0 aliphatic carbocycles. The van der Waals surface area contributed by atoms with Gasteiger partial charge < -0.3 is 5.32 Å². The third-order valence-corrected chi connectivity index (χ3v) is 3.21. The molecule has 1 unspecified atom stereocenters. The molecule has 1 aromatic heterocycles. The maximum Gasteiger partial charge on any atom is 0.187 e. The molecule has 2 rings (SSSR count). The Kier molecular flexibility index (Phi) is 5.28. The van der Waals surface area contributed by atoms with Crippen molar-refractivity contribution >= 4 is 24.2 Å². The van der Waals surface area contributed by atoms with E-state index in [0.717, 1.165) is 12.3 Å². The van der Waals surface area contributed by atoms with Crippen LogP contribution >= 0.6 is 24.2 Å². The number of nitrogens with zero attached hydrogens (tertiary/aromatic N) is 2. The predicted octanol–water partition coefficient (Wildman–Crippen LogP) is 1.88. The summed E-state index contributed by atoms with van der Waals surface area (Å²) in [5, 5.41) is 4.04. The van der Waals surface area contributed by atoms with Gasteiger partial charge in [0.2, 0.25) is 0 Å². The molecule has 1 saturated heterocycles. The van der Waals surface area contributed by atoms with Gasteiger partial charge in [0, 0.05) is 11.8 Å². The van der Waals surface area contributed by atoms with Crippen LogP contribution in [0.3, 0.4) is 0 Å². The van der Waals surface area contributed by atoms with Crippen LogP contribution in [-0.4, -0.2) is 28.3 Å². The zero-order chi connectivity index (χ0) is 9.80. The van der Waals surface area contributed by atoms with Gasteiger partial charge in [-0.1, -0.05) is 11.8 Å². The van der Waals surface area contributed by atoms with Crippen molar-refractivity contribution in [3.8, 4) is 0 Å². The van der Waals surface area contributed by atoms with E-state index in [1.807, 2.05) is 0 Å². The van der Waals surface area contributed by atoms with Crippen molar-refractivity contribution in [3.63, 3.8) is 0 Å². The summed E-state index contributed by atoms with van der Waals surface area (Å²) < 4.78 is 12.5. The molecule has 84 valence electrons. The molecule has 0 bridgehead atoms. The Labute approximate surface area is 98.7 Å². The van der Waals surface area contributed by atoms with Gasteiger partial charge in [-0.15, -0.1) is 12.4 Å². The molecule has 1 N–H and O–H groups in total. The fraction of sp³-hybridized carbons (Fsp3) is 0.556. The van der Waals surface area contributed by atoms with Crippen LogP contribution in [-0.2, 0) is 0 Å². The molecule has 0 aromatic carbocycles. The molecule has 0 amide bonds. The topological polar surface area (TPSA) is 37.8 Å². The number of rotatable bonds is 3. The van der Waals surface area contributed by atoms with E-state index in [4.69, 9.17) is 0 Å². The molecule has 0 radical (unpaired) electrons. The average molecular weight is 250 g/mol. The summed E-state index contributed by atoms with van der Waals surface area (Å²) >= 11 is 1.57. The lowest BCUT2D eigenvalue weighted by Gasteiger charge is -2.07. The fourth-order valence-corrected chi connectivity index (χ4v) is 2.34. The third-order valence-electron chi connectivity index (χ3n) is 2.17. The molecule has 1 fully saturated rings. The summed E-state index contributed by atoms with van der Waals surface area (Å²) in [6.45, 7) is 1.11. The largest absolute Gasteiger partial charge is 0.313 e. The zero-order valence-electron chi connectivity index (χ0n) is 8.15. The third kappa shape index (κ3) is 3.93. The Morgan fingerprint density at radius 1 is 1.47 bits per heavy atom. The molecule has 1 aliphatic heterocycles. The lowest BCUT2D eigenvalue weighted by Crippen LogP contribution is -2.23. The lowest BCUT2D eigenvalue weighted by atomic mass is 10.3. The standard InChI is InChI=1S/C9H12FN3S.ClH/c10-7-4-12-9(13-5-7)14-6-8-2-1-3-11-8;/h4-5,8,11H,1-3,6H2;1H. The van der Waals surface area contributed by atoms with Crippen LogP contribution in [0.5, 0.6) is 0 Å². The lowest BCUT2D eigenvalue weighted by molar-refractivity contribution is 0.605. The van der Waals surface area contributed by atoms with E-state index >= 15 is 0 Å². The van der Waals surface area contributed by atoms with Crippen molar-refractivity contribution in [1.82, 2.24) is 15.3 Å². The van der Waals surface area contributed by atoms with Crippen molar-refractivity contribution in [2.75, 3.05) is 12.3 Å². The van der Waals surface area contributed by atoms with Crippen LogP contribution in [0.2, 0.25) is 0 Å². The maximum atomic E-state index is 12.5. The smallest absolute Gasteiger partial charge is 0.187 e. The number of halogens is 2. The van der Waals surface area contributed by atoms with E-state index in [2.05, 4.69) is 15.3 Å². The predicted molar refractivity (Wildman–Crippen MR) is 61.0 cm³/mol. The van der Waals surface area contributed by atoms with Gasteiger partial charge in [-0.25, -0.2) is 14.4 Å². The first-order chi connectivity index (χ1) is 6.84. The molecule has 1 aromatic rings. The molecule has 1 aliphatic rings. The Balaban J connectivity index is 0.00000112. The highest BCUT2D eigenvalue weighted by atomic mass is 35.5. The molecular weight excluding hydrogens is 237 g/mol. The first-order valence-electron chi connectivity index (χ1n) is 4.68. The monoisotopic (exact) mass is 249 g/mol. The summed E-state index contributed by atoms with van der Waals surface area (Å²) in [4.78, 5) is 7.78. The molecule has 0 spiro atoms. The summed E-state index contributed by atoms with van der Waals surface area (Å²) in [6.07, 6.45) is 4.87. The van der Waals surface area contributed by atoms with Crippen LogP contribution in [0.4, 0.5) is 4.39 Å². The van der Waals surface area contributed by atoms with E-state index < -0.39 is 0 Å². The van der Waals surface area contributed by atoms with Gasteiger partial charge in [0.05, 0.1) is 12.4 Å². The van der Waals surface area contributed by atoms with Crippen LogP contribution < -0.4 is 5.32 Å². The highest BCUT2D eigenvalue weighted by molar-refractivity contribution is 7.99. The van der Waals surface area contributed by atoms with Gasteiger partial charge in [-0.05, 0) is 19.4 Å². The number of aromatic nitrogens is 2. The molecule has 0 saturated carbocycles. The van der Waals surface area contributed by atoms with Gasteiger partial charge >= 0.3 is 0 Å². The quantitative estimate of drug-likeness (QED) is 0.656. The molecule has 15 heavy (non-hydrogen) atoms. The number of hydrogen-bond donors (Lipinski definition) is 1. The second kappa shape index (κ2) is 6.25. The molecule has 6 heteroatoms. The van der Waals surface area contributed by atoms with E-state index in [0.29, 0.717) is 11.2 Å². The summed E-state index contributed by atoms with van der Waals surface area (Å²) in [6, 6.07) is 0.564. The van der Waals surface area contributed by atoms with Gasteiger partial charge in [0.15, 0.2) is 11.0 Å². The highest BCUT2D eigenvalue weighted by Gasteiger charge is 2.14. The van der Waals surface area contributed by atoms with Crippen molar-refractivity contribution in [1.29, 1.82) is 0 Å². The minimum atomic E-state index is -0.381. The molecule has 1 atom stereocenters. The second-order valence-electron chi connectivity index (χ2n) is 3.29. The number of thioether (sulfide) groups is 1. The maximum absolute atomic E-state index is 12.5. The van der Waals surface area contributed by atoms with E-state index in [-0.39, 0.29) is 18.2 Å². The molecule has 2 heterocycles. The zero-order valence-corrected chi connectivity index (χ0v) is 9.78. The Morgan fingerprint density at radius 2 is 2.20 bits per heavy atom. The second-order valence-corrected chi connectivity index (χ2v) is 4.28. The SMILES string of the molecule is Cl.Fc1cnc(SCC2CCCN2)nc1. The van der Waals surface area contributed by atoms with Crippen molar-refractivity contribution < 1.29 is 4.39 Å². The number of nitrogens with one attached hydrogen (secondary N) is 1. The van der Waals surface area contributed by atoms with Crippen LogP contribution in [0.25, 0.3) is 0 Å². The van der Waals surface area contributed by atoms with Crippen LogP contribution in [0.1, 0.15) is 12.8 Å². The first kappa shape index (κ1) is 12.7. The van der Waals surface area contributed by atoms with E-state index in [9.17, 15) is 4.39 Å². The summed E-state index contributed by atoms with van der Waals surface area (Å²) in [5.74, 6) is 0.583. The minimum Gasteiger partial charge on any atom is -0.313 e. The van der Waals surface area contributed by atoms with Gasteiger partial charge in [0.25, 0.3) is 0 Å². The Hall–Kier alpha value is -0.390. The van der Waals surface area contributed by atoms with E-state index in [1.54, 1.807) is 11.8 Å². The minimum absolute atomic E-state index is 0. The normalized spacial score (nSPS) is 19.9. The summed E-state index contributed by atoms with van der Waals surface area (Å²) in [5.41, 5.74) is 0. The highest BCUT2D eigenvalue weighted by Crippen LogP contribution is 2.17. The molecular formula is C9H13ClFN3S. The van der Waals surface area contributed by atoms with E-state index in [1.165, 1.54) is 25.2 Å². The van der Waals surface area contributed by atoms with Crippen molar-refractivity contribution in [2.24, 2.45) is 0 Å². The van der Waals surface area contributed by atoms with Gasteiger partial charge in [0.1, 0.15) is 0 Å². The van der Waals surface area contributed by atoms with Crippen molar-refractivity contribution in [3.05, 3.63) is 18.2 Å². The summed E-state index contributed by atoms with van der Waals surface area (Å²) in [7, 11) is 0. The van der Waals surface area contributed by atoms with Gasteiger partial charge in [-0.2, -0.15) is 0 Å². The number of hydrogen-bond acceptors (Lipinski definition) is 4. The van der Waals surface area contributed by atoms with Crippen molar-refractivity contribution in [2.45, 2.75) is 24.0 Å². The average Bonchev–Trinajstić information content (AvgIpc) is 2.70. The Bertz CT molecular complexity index is 290. The van der Waals surface area contributed by atoms with Crippen LogP contribution in [0.15, 0.2) is 17.6 Å². The van der Waals surface area contributed by atoms with Crippen LogP contribution in [0, 0.1) is 5.82 Å².